The predicted octanol–water partition coefficient (Wildman–Crippen LogP) is 2.46. The number of methoxy groups -OCH3 is 2. The fourth-order valence-electron chi connectivity index (χ4n) is 1.72. The van der Waals surface area contributed by atoms with Crippen LogP contribution in [0.4, 0.5) is 0 Å². The molecule has 0 radical (unpaired) electrons. The third kappa shape index (κ3) is 3.07. The van der Waals surface area contributed by atoms with Crippen LogP contribution in [-0.2, 0) is 0 Å². The highest BCUT2D eigenvalue weighted by atomic mass is 16.6. The maximum absolute atomic E-state index is 11.1. The van der Waals surface area contributed by atoms with Crippen LogP contribution in [0.2, 0.25) is 0 Å². The number of nitrogens with zero attached hydrogens (tertiary/aromatic N) is 1. The van der Waals surface area contributed by atoms with Crippen molar-refractivity contribution in [2.45, 2.75) is 6.92 Å². The van der Waals surface area contributed by atoms with E-state index in [1.54, 1.807) is 25.1 Å². The van der Waals surface area contributed by atoms with Gasteiger partial charge in [0.2, 0.25) is 11.6 Å². The van der Waals surface area contributed by atoms with Gasteiger partial charge in [0.1, 0.15) is 11.5 Å². The van der Waals surface area contributed by atoms with E-state index in [1.165, 1.54) is 14.2 Å². The molecule has 0 saturated heterocycles. The van der Waals surface area contributed by atoms with Gasteiger partial charge in [-0.2, -0.15) is 4.98 Å². The van der Waals surface area contributed by atoms with Crippen molar-refractivity contribution in [2.75, 3.05) is 20.8 Å². The zero-order chi connectivity index (χ0) is 15.4. The summed E-state index contributed by atoms with van der Waals surface area (Å²) in [6.07, 6.45) is 0. The molecule has 7 heteroatoms. The largest absolute Gasteiger partial charge is 0.497 e. The second-order valence-electron chi connectivity index (χ2n) is 3.99. The highest BCUT2D eigenvalue weighted by molar-refractivity contribution is 5.88. The molecule has 7 nitrogen and oxygen atoms in total. The number of ether oxygens (including phenoxy) is 3. The number of aromatic carboxylic acids is 1. The first kappa shape index (κ1) is 14.7. The third-order valence-corrected chi connectivity index (χ3v) is 2.67. The summed E-state index contributed by atoms with van der Waals surface area (Å²) in [5, 5.41) is 9.10. The van der Waals surface area contributed by atoms with Crippen LogP contribution in [0.3, 0.4) is 0 Å². The number of carboxylic acids is 1. The van der Waals surface area contributed by atoms with E-state index in [-0.39, 0.29) is 24.1 Å². The molecule has 2 aromatic rings. The van der Waals surface area contributed by atoms with Gasteiger partial charge in [-0.15, -0.1) is 0 Å². The summed E-state index contributed by atoms with van der Waals surface area (Å²) in [5.74, 6) is -0.145. The Balaban J connectivity index is 2.50. The van der Waals surface area contributed by atoms with Gasteiger partial charge in [0.15, 0.2) is 0 Å². The minimum atomic E-state index is -1.22. The molecule has 1 aromatic carbocycles. The van der Waals surface area contributed by atoms with Crippen LogP contribution in [-0.4, -0.2) is 36.9 Å². The molecule has 1 aromatic heterocycles. The summed E-state index contributed by atoms with van der Waals surface area (Å²) in [6, 6.07) is 5.01. The van der Waals surface area contributed by atoms with Crippen molar-refractivity contribution in [3.63, 3.8) is 0 Å². The summed E-state index contributed by atoms with van der Waals surface area (Å²) in [6.45, 7) is 2.00. The Bertz CT molecular complexity index is 627. The summed E-state index contributed by atoms with van der Waals surface area (Å²) in [7, 11) is 3.03. The number of benzene rings is 1. The van der Waals surface area contributed by atoms with E-state index in [1.807, 2.05) is 0 Å². The van der Waals surface area contributed by atoms with Crippen molar-refractivity contribution in [3.05, 3.63) is 23.9 Å². The number of aromatic nitrogens is 1. The van der Waals surface area contributed by atoms with Crippen LogP contribution in [0.15, 0.2) is 22.6 Å². The molecule has 0 aliphatic rings. The molecule has 0 aliphatic carbocycles. The van der Waals surface area contributed by atoms with E-state index in [9.17, 15) is 4.79 Å². The normalized spacial score (nSPS) is 10.2. The Hall–Kier alpha value is -2.70. The average Bonchev–Trinajstić information content (AvgIpc) is 2.91. The van der Waals surface area contributed by atoms with E-state index >= 15 is 0 Å². The van der Waals surface area contributed by atoms with Crippen LogP contribution in [0, 0.1) is 0 Å². The smallest absolute Gasteiger partial charge is 0.362 e. The van der Waals surface area contributed by atoms with E-state index < -0.39 is 5.97 Å². The number of oxazole rings is 1. The zero-order valence-electron chi connectivity index (χ0n) is 11.9. The van der Waals surface area contributed by atoms with Crippen molar-refractivity contribution in [1.82, 2.24) is 4.98 Å². The van der Waals surface area contributed by atoms with Gasteiger partial charge in [-0.3, -0.25) is 0 Å². The Morgan fingerprint density at radius 1 is 1.24 bits per heavy atom. The summed E-state index contributed by atoms with van der Waals surface area (Å²) in [4.78, 5) is 15.1. The molecule has 21 heavy (non-hydrogen) atoms. The Labute approximate surface area is 121 Å². The predicted molar refractivity (Wildman–Crippen MR) is 73.2 cm³/mol. The van der Waals surface area contributed by atoms with Crippen molar-refractivity contribution in [1.29, 1.82) is 0 Å². The minimum absolute atomic E-state index is 0.119. The zero-order valence-corrected chi connectivity index (χ0v) is 11.9. The number of rotatable bonds is 6. The molecule has 0 fully saturated rings. The summed E-state index contributed by atoms with van der Waals surface area (Å²) >= 11 is 0. The van der Waals surface area contributed by atoms with Crippen molar-refractivity contribution in [2.24, 2.45) is 0 Å². The standard InChI is InChI=1S/C14H15NO6/c1-4-20-14-11(13(16)17)15-12(21-14)8-5-9(18-2)7-10(6-8)19-3/h5-7H,4H2,1-3H3,(H,16,17). The van der Waals surface area contributed by atoms with Gasteiger partial charge in [-0.25, -0.2) is 4.79 Å². The van der Waals surface area contributed by atoms with Crippen LogP contribution in [0.1, 0.15) is 17.4 Å². The van der Waals surface area contributed by atoms with E-state index in [4.69, 9.17) is 23.7 Å². The van der Waals surface area contributed by atoms with Crippen molar-refractivity contribution >= 4 is 5.97 Å². The molecule has 0 saturated carbocycles. The Morgan fingerprint density at radius 3 is 2.33 bits per heavy atom. The lowest BCUT2D eigenvalue weighted by Crippen LogP contribution is -2.01. The van der Waals surface area contributed by atoms with Gasteiger partial charge >= 0.3 is 11.9 Å². The van der Waals surface area contributed by atoms with Gasteiger partial charge < -0.3 is 23.7 Å². The topological polar surface area (TPSA) is 91.0 Å². The van der Waals surface area contributed by atoms with Crippen molar-refractivity contribution in [3.8, 4) is 28.9 Å². The molecule has 1 heterocycles. The van der Waals surface area contributed by atoms with Crippen LogP contribution < -0.4 is 14.2 Å². The van der Waals surface area contributed by atoms with Gasteiger partial charge in [0, 0.05) is 11.6 Å². The summed E-state index contributed by atoms with van der Waals surface area (Å²) in [5.41, 5.74) is 0.258. The second-order valence-corrected chi connectivity index (χ2v) is 3.99. The highest BCUT2D eigenvalue weighted by Crippen LogP contribution is 2.32. The molecule has 0 spiro atoms. The molecule has 1 N–H and O–H groups in total. The molecule has 0 amide bonds. The molecule has 112 valence electrons. The lowest BCUT2D eigenvalue weighted by Gasteiger charge is -2.06. The van der Waals surface area contributed by atoms with Crippen LogP contribution in [0.25, 0.3) is 11.5 Å². The molecular weight excluding hydrogens is 278 g/mol. The minimum Gasteiger partial charge on any atom is -0.497 e. The van der Waals surface area contributed by atoms with Crippen molar-refractivity contribution < 1.29 is 28.5 Å². The fourth-order valence-corrected chi connectivity index (χ4v) is 1.72. The molecule has 0 aliphatic heterocycles. The highest BCUT2D eigenvalue weighted by Gasteiger charge is 2.22. The SMILES string of the molecule is CCOc1oc(-c2cc(OC)cc(OC)c2)nc1C(=O)O. The molecule has 2 rings (SSSR count). The quantitative estimate of drug-likeness (QED) is 0.874. The van der Waals surface area contributed by atoms with E-state index in [2.05, 4.69) is 4.98 Å². The van der Waals surface area contributed by atoms with Crippen LogP contribution in [0.5, 0.6) is 17.4 Å². The number of carbonyl (C=O) groups is 1. The first-order valence-electron chi connectivity index (χ1n) is 6.19. The Kier molecular flexibility index (Phi) is 4.32. The number of hydrogen-bond acceptors (Lipinski definition) is 6. The third-order valence-electron chi connectivity index (χ3n) is 2.67. The molecule has 0 unspecified atom stereocenters. The lowest BCUT2D eigenvalue weighted by molar-refractivity contribution is 0.0683. The van der Waals surface area contributed by atoms with Gasteiger partial charge in [-0.1, -0.05) is 0 Å². The lowest BCUT2D eigenvalue weighted by atomic mass is 10.2. The monoisotopic (exact) mass is 293 g/mol. The molecule has 0 atom stereocenters. The first-order chi connectivity index (χ1) is 10.1. The van der Waals surface area contributed by atoms with E-state index in [0.717, 1.165) is 0 Å². The maximum Gasteiger partial charge on any atom is 0.362 e. The average molecular weight is 293 g/mol. The molecule has 0 bridgehead atoms. The maximum atomic E-state index is 11.1. The van der Waals surface area contributed by atoms with E-state index in [0.29, 0.717) is 17.1 Å². The first-order valence-corrected chi connectivity index (χ1v) is 6.19. The molecular formula is C14H15NO6. The Morgan fingerprint density at radius 2 is 1.86 bits per heavy atom. The van der Waals surface area contributed by atoms with Gasteiger partial charge in [0.25, 0.3) is 0 Å². The van der Waals surface area contributed by atoms with Gasteiger partial charge in [0.05, 0.1) is 20.8 Å². The summed E-state index contributed by atoms with van der Waals surface area (Å²) < 4.78 is 20.8. The number of hydrogen-bond donors (Lipinski definition) is 1. The van der Waals surface area contributed by atoms with Gasteiger partial charge in [-0.05, 0) is 19.1 Å². The van der Waals surface area contributed by atoms with Crippen LogP contribution >= 0.6 is 0 Å². The second kappa shape index (κ2) is 6.17. The number of carboxylic acid groups (broad SMARTS) is 1. The fraction of sp³-hybridized carbons (Fsp3) is 0.286.